The third kappa shape index (κ3) is 3.33. The van der Waals surface area contributed by atoms with Crippen LogP contribution < -0.4 is 0 Å². The zero-order chi connectivity index (χ0) is 16.6. The molecule has 1 aliphatic rings. The van der Waals surface area contributed by atoms with E-state index in [0.29, 0.717) is 11.4 Å². The van der Waals surface area contributed by atoms with Gasteiger partial charge in [0.15, 0.2) is 0 Å². The number of nitrogens with zero attached hydrogens (tertiary/aromatic N) is 2. The molecule has 1 saturated carbocycles. The number of carbonyl (C=O) groups is 1. The number of aromatic nitrogens is 2. The number of rotatable bonds is 1. The monoisotopic (exact) mass is 316 g/mol. The first kappa shape index (κ1) is 15.8. The molecule has 23 heavy (non-hydrogen) atoms. The normalized spacial score (nSPS) is 16.7. The van der Waals surface area contributed by atoms with E-state index in [0.717, 1.165) is 23.9 Å². The summed E-state index contributed by atoms with van der Waals surface area (Å²) in [5.74, 6) is 0.497. The molecule has 2 aromatic rings. The molecule has 0 radical (unpaired) electrons. The maximum atomic E-state index is 12.5. The lowest BCUT2D eigenvalue weighted by molar-refractivity contribution is 0.0521. The summed E-state index contributed by atoms with van der Waals surface area (Å²) in [5.41, 5.74) is 0.974. The first-order chi connectivity index (χ1) is 10.8. The van der Waals surface area contributed by atoms with E-state index in [-0.39, 0.29) is 5.75 Å². The van der Waals surface area contributed by atoms with E-state index >= 15 is 0 Å². The summed E-state index contributed by atoms with van der Waals surface area (Å²) in [6, 6.07) is 5.08. The Hall–Kier alpha value is -2.04. The molecular weight excluding hydrogens is 292 g/mol. The van der Waals surface area contributed by atoms with E-state index in [4.69, 9.17) is 4.74 Å². The third-order valence-corrected chi connectivity index (χ3v) is 4.25. The average molecular weight is 316 g/mol. The summed E-state index contributed by atoms with van der Waals surface area (Å²) < 4.78 is 6.75. The molecule has 124 valence electrons. The second-order valence-corrected chi connectivity index (χ2v) is 7.31. The van der Waals surface area contributed by atoms with Crippen molar-refractivity contribution >= 4 is 17.0 Å². The number of phenols is 1. The highest BCUT2D eigenvalue weighted by Crippen LogP contribution is 2.36. The van der Waals surface area contributed by atoms with Crippen molar-refractivity contribution in [1.29, 1.82) is 0 Å². The minimum absolute atomic E-state index is 0.123. The number of hydrogen-bond donors (Lipinski definition) is 1. The Morgan fingerprint density at radius 2 is 1.96 bits per heavy atom. The van der Waals surface area contributed by atoms with Gasteiger partial charge < -0.3 is 9.84 Å². The maximum absolute atomic E-state index is 12.5. The van der Waals surface area contributed by atoms with E-state index in [2.05, 4.69) is 5.10 Å². The minimum Gasteiger partial charge on any atom is -0.508 e. The smallest absolute Gasteiger partial charge is 0.435 e. The van der Waals surface area contributed by atoms with Gasteiger partial charge in [-0.25, -0.2) is 4.79 Å². The summed E-state index contributed by atoms with van der Waals surface area (Å²) in [6.45, 7) is 5.49. The third-order valence-electron chi connectivity index (χ3n) is 4.25. The van der Waals surface area contributed by atoms with Gasteiger partial charge in [-0.2, -0.15) is 9.78 Å². The fraction of sp³-hybridized carbons (Fsp3) is 0.556. The van der Waals surface area contributed by atoms with Gasteiger partial charge in [0.05, 0.1) is 11.2 Å². The van der Waals surface area contributed by atoms with Gasteiger partial charge >= 0.3 is 6.09 Å². The van der Waals surface area contributed by atoms with Crippen molar-refractivity contribution < 1.29 is 14.6 Å². The molecule has 0 spiro atoms. The molecule has 1 N–H and O–H groups in total. The predicted octanol–water partition coefficient (Wildman–Crippen LogP) is 4.57. The molecule has 0 saturated heterocycles. The molecule has 1 aromatic heterocycles. The van der Waals surface area contributed by atoms with Crippen LogP contribution in [-0.2, 0) is 4.74 Å². The molecule has 0 unspecified atom stereocenters. The topological polar surface area (TPSA) is 64.4 Å². The average Bonchev–Trinajstić information content (AvgIpc) is 2.85. The van der Waals surface area contributed by atoms with Gasteiger partial charge in [-0.05, 0) is 45.7 Å². The maximum Gasteiger partial charge on any atom is 0.435 e. The zero-order valence-corrected chi connectivity index (χ0v) is 14.0. The number of hydrogen-bond acceptors (Lipinski definition) is 4. The van der Waals surface area contributed by atoms with Crippen LogP contribution in [0, 0.1) is 0 Å². The molecular formula is C18H24N2O3. The molecule has 0 amide bonds. The minimum atomic E-state index is -0.586. The van der Waals surface area contributed by atoms with Gasteiger partial charge in [-0.3, -0.25) is 0 Å². The standard InChI is InChI=1S/C18H24N2O3/c1-18(2,3)23-17(22)20-15-11-13(21)9-10-14(15)16(19-20)12-7-5-4-6-8-12/h9-12,21H,4-8H2,1-3H3. The lowest BCUT2D eigenvalue weighted by atomic mass is 9.86. The molecule has 0 atom stereocenters. The van der Waals surface area contributed by atoms with Crippen molar-refractivity contribution in [2.75, 3.05) is 0 Å². The van der Waals surface area contributed by atoms with Crippen LogP contribution in [-0.4, -0.2) is 26.6 Å². The molecule has 0 aliphatic heterocycles. The lowest BCUT2D eigenvalue weighted by Gasteiger charge is -2.20. The van der Waals surface area contributed by atoms with Crippen molar-refractivity contribution in [3.05, 3.63) is 23.9 Å². The number of fused-ring (bicyclic) bond motifs is 1. The Bertz CT molecular complexity index is 722. The Balaban J connectivity index is 2.06. The van der Waals surface area contributed by atoms with Gasteiger partial charge in [0.1, 0.15) is 11.4 Å². The molecule has 1 heterocycles. The summed E-state index contributed by atoms with van der Waals surface area (Å²) in [4.78, 5) is 12.5. The van der Waals surface area contributed by atoms with Crippen LogP contribution in [0.5, 0.6) is 5.75 Å². The summed E-state index contributed by atoms with van der Waals surface area (Å²) in [7, 11) is 0. The SMILES string of the molecule is CC(C)(C)OC(=O)n1nc(C2CCCCC2)c2ccc(O)cc21. The quantitative estimate of drug-likeness (QED) is 0.837. The van der Waals surface area contributed by atoms with E-state index < -0.39 is 11.7 Å². The molecule has 1 aliphatic carbocycles. The number of carbonyl (C=O) groups excluding carboxylic acids is 1. The van der Waals surface area contributed by atoms with Crippen LogP contribution >= 0.6 is 0 Å². The van der Waals surface area contributed by atoms with Crippen LogP contribution in [0.1, 0.15) is 64.5 Å². The fourth-order valence-corrected chi connectivity index (χ4v) is 3.25. The molecule has 0 bridgehead atoms. The van der Waals surface area contributed by atoms with Crippen molar-refractivity contribution in [2.24, 2.45) is 0 Å². The van der Waals surface area contributed by atoms with Gasteiger partial charge in [0.25, 0.3) is 0 Å². The number of ether oxygens (including phenoxy) is 1. The lowest BCUT2D eigenvalue weighted by Crippen LogP contribution is -2.27. The molecule has 5 heteroatoms. The molecule has 3 rings (SSSR count). The van der Waals surface area contributed by atoms with Crippen molar-refractivity contribution in [1.82, 2.24) is 9.78 Å². The van der Waals surface area contributed by atoms with Gasteiger partial charge in [-0.15, -0.1) is 0 Å². The van der Waals surface area contributed by atoms with Crippen LogP contribution in [0.15, 0.2) is 18.2 Å². The predicted molar refractivity (Wildman–Crippen MR) is 88.9 cm³/mol. The summed E-state index contributed by atoms with van der Waals surface area (Å²) in [6.07, 6.45) is 5.35. The molecule has 5 nitrogen and oxygen atoms in total. The zero-order valence-electron chi connectivity index (χ0n) is 14.0. The van der Waals surface area contributed by atoms with Crippen LogP contribution in [0.25, 0.3) is 10.9 Å². The molecule has 1 aromatic carbocycles. The summed E-state index contributed by atoms with van der Waals surface area (Å²) >= 11 is 0. The second kappa shape index (κ2) is 5.87. The van der Waals surface area contributed by atoms with Crippen molar-refractivity contribution in [2.45, 2.75) is 64.4 Å². The Kier molecular flexibility index (Phi) is 4.04. The first-order valence-electron chi connectivity index (χ1n) is 8.30. The van der Waals surface area contributed by atoms with Crippen LogP contribution in [0.3, 0.4) is 0 Å². The van der Waals surface area contributed by atoms with Gasteiger partial charge in [0, 0.05) is 17.4 Å². The number of aromatic hydroxyl groups is 1. The Morgan fingerprint density at radius 1 is 1.26 bits per heavy atom. The van der Waals surface area contributed by atoms with E-state index in [9.17, 15) is 9.90 Å². The van der Waals surface area contributed by atoms with E-state index in [1.165, 1.54) is 23.9 Å². The highest BCUT2D eigenvalue weighted by Gasteiger charge is 2.26. The highest BCUT2D eigenvalue weighted by molar-refractivity contribution is 5.91. The fourth-order valence-electron chi connectivity index (χ4n) is 3.25. The Morgan fingerprint density at radius 3 is 2.61 bits per heavy atom. The van der Waals surface area contributed by atoms with Gasteiger partial charge in [0.2, 0.25) is 0 Å². The van der Waals surface area contributed by atoms with Crippen LogP contribution in [0.4, 0.5) is 4.79 Å². The van der Waals surface area contributed by atoms with Crippen LogP contribution in [0.2, 0.25) is 0 Å². The van der Waals surface area contributed by atoms with Crippen molar-refractivity contribution in [3.8, 4) is 5.75 Å². The van der Waals surface area contributed by atoms with Crippen molar-refractivity contribution in [3.63, 3.8) is 0 Å². The highest BCUT2D eigenvalue weighted by atomic mass is 16.6. The first-order valence-corrected chi connectivity index (χ1v) is 8.30. The second-order valence-electron chi connectivity index (χ2n) is 7.31. The molecule has 1 fully saturated rings. The number of benzene rings is 1. The summed E-state index contributed by atoms with van der Waals surface area (Å²) in [5, 5.41) is 15.3. The van der Waals surface area contributed by atoms with E-state index in [1.54, 1.807) is 12.1 Å². The van der Waals surface area contributed by atoms with Gasteiger partial charge in [-0.1, -0.05) is 19.3 Å². The number of phenolic OH excluding ortho intramolecular Hbond substituents is 1. The largest absolute Gasteiger partial charge is 0.508 e. The van der Waals surface area contributed by atoms with E-state index in [1.807, 2.05) is 26.8 Å². The Labute approximate surface area is 136 Å².